The summed E-state index contributed by atoms with van der Waals surface area (Å²) in [6.45, 7) is 4.37. The smallest absolute Gasteiger partial charge is 0.222 e. The Morgan fingerprint density at radius 2 is 1.74 bits per heavy atom. The van der Waals surface area contributed by atoms with Gasteiger partial charge in [-0.25, -0.2) is 0 Å². The third kappa shape index (κ3) is 4.10. The van der Waals surface area contributed by atoms with Crippen LogP contribution in [-0.2, 0) is 4.79 Å². The first-order valence-electron chi connectivity index (χ1n) is 11.1. The van der Waals surface area contributed by atoms with Crippen LogP contribution in [0, 0.1) is 6.92 Å². The Kier molecular flexibility index (Phi) is 5.94. The van der Waals surface area contributed by atoms with Crippen molar-refractivity contribution in [2.45, 2.75) is 26.3 Å². The Labute approximate surface area is 202 Å². The van der Waals surface area contributed by atoms with Crippen molar-refractivity contribution < 1.29 is 4.79 Å². The number of benzene rings is 2. The second-order valence-electron chi connectivity index (χ2n) is 8.07. The molecule has 8 heteroatoms. The van der Waals surface area contributed by atoms with Crippen molar-refractivity contribution in [1.29, 1.82) is 0 Å². The molecular formula is C26H23ClN6O. The molecule has 2 aromatic heterocycles. The molecule has 1 aliphatic heterocycles. The van der Waals surface area contributed by atoms with Crippen molar-refractivity contribution in [3.8, 4) is 16.8 Å². The first-order valence-corrected chi connectivity index (χ1v) is 11.5. The highest BCUT2D eigenvalue weighted by atomic mass is 35.5. The van der Waals surface area contributed by atoms with Gasteiger partial charge in [-0.3, -0.25) is 19.3 Å². The average Bonchev–Trinajstić information content (AvgIpc) is 3.17. The first-order chi connectivity index (χ1) is 16.5. The van der Waals surface area contributed by atoms with Gasteiger partial charge in [0.1, 0.15) is 11.9 Å². The molecule has 4 aromatic rings. The Balaban J connectivity index is 1.75. The van der Waals surface area contributed by atoms with E-state index in [4.69, 9.17) is 16.6 Å². The summed E-state index contributed by atoms with van der Waals surface area (Å²) in [5.74, 6) is 1.30. The number of aromatic nitrogens is 4. The summed E-state index contributed by atoms with van der Waals surface area (Å²) in [6.07, 6.45) is 3.73. The lowest BCUT2D eigenvalue weighted by Gasteiger charge is -2.14. The van der Waals surface area contributed by atoms with Gasteiger partial charge < -0.3 is 5.32 Å². The van der Waals surface area contributed by atoms with E-state index in [1.54, 1.807) is 12.4 Å². The highest BCUT2D eigenvalue weighted by Gasteiger charge is 2.29. The van der Waals surface area contributed by atoms with E-state index in [-0.39, 0.29) is 12.3 Å². The van der Waals surface area contributed by atoms with Gasteiger partial charge in [-0.1, -0.05) is 29.8 Å². The maximum atomic E-state index is 12.6. The van der Waals surface area contributed by atoms with Gasteiger partial charge in [0.05, 0.1) is 17.8 Å². The second-order valence-corrected chi connectivity index (χ2v) is 8.50. The molecule has 0 unspecified atom stereocenters. The fraction of sp³-hybridized carbons (Fsp3) is 0.192. The minimum atomic E-state index is -0.491. The zero-order valence-corrected chi connectivity index (χ0v) is 19.6. The number of hydrogen-bond acceptors (Lipinski definition) is 5. The van der Waals surface area contributed by atoms with Gasteiger partial charge >= 0.3 is 0 Å². The monoisotopic (exact) mass is 470 g/mol. The van der Waals surface area contributed by atoms with Crippen molar-refractivity contribution in [2.24, 2.45) is 4.99 Å². The van der Waals surface area contributed by atoms with Crippen molar-refractivity contribution in [3.63, 3.8) is 0 Å². The molecule has 0 fully saturated rings. The zero-order chi connectivity index (χ0) is 23.7. The number of amides is 1. The number of nitrogens with one attached hydrogen (secondary N) is 1. The summed E-state index contributed by atoms with van der Waals surface area (Å²) in [7, 11) is 0. The molecule has 1 aliphatic rings. The van der Waals surface area contributed by atoms with Crippen molar-refractivity contribution >= 4 is 23.2 Å². The summed E-state index contributed by atoms with van der Waals surface area (Å²) in [6, 6.07) is 17.3. The summed E-state index contributed by atoms with van der Waals surface area (Å²) < 4.78 is 2.00. The zero-order valence-electron chi connectivity index (χ0n) is 18.9. The molecule has 7 nitrogen and oxygen atoms in total. The molecule has 0 radical (unpaired) electrons. The molecule has 5 rings (SSSR count). The highest BCUT2D eigenvalue weighted by molar-refractivity contribution is 6.30. The molecule has 0 bridgehead atoms. The average molecular weight is 471 g/mol. The van der Waals surface area contributed by atoms with E-state index in [0.29, 0.717) is 17.4 Å². The van der Waals surface area contributed by atoms with Gasteiger partial charge in [0.15, 0.2) is 5.82 Å². The minimum Gasteiger partial charge on any atom is -0.356 e. The van der Waals surface area contributed by atoms with Crippen molar-refractivity contribution in [3.05, 3.63) is 94.8 Å². The highest BCUT2D eigenvalue weighted by Crippen LogP contribution is 2.35. The molecule has 1 amide bonds. The number of halogens is 1. The fourth-order valence-electron chi connectivity index (χ4n) is 4.24. The number of nitrogens with zero attached hydrogens (tertiary/aromatic N) is 5. The fourth-order valence-corrected chi connectivity index (χ4v) is 4.37. The van der Waals surface area contributed by atoms with E-state index in [2.05, 4.69) is 38.7 Å². The van der Waals surface area contributed by atoms with Gasteiger partial charge in [-0.05, 0) is 61.4 Å². The van der Waals surface area contributed by atoms with E-state index in [0.717, 1.165) is 39.5 Å². The third-order valence-electron chi connectivity index (χ3n) is 5.81. The number of aryl methyl sites for hydroxylation is 1. The van der Waals surface area contributed by atoms with Gasteiger partial charge in [0.25, 0.3) is 0 Å². The van der Waals surface area contributed by atoms with E-state index < -0.39 is 6.04 Å². The third-order valence-corrected chi connectivity index (χ3v) is 6.06. The molecule has 0 aliphatic carbocycles. The van der Waals surface area contributed by atoms with E-state index >= 15 is 0 Å². The summed E-state index contributed by atoms with van der Waals surface area (Å²) in [5, 5.41) is 12.3. The summed E-state index contributed by atoms with van der Waals surface area (Å²) in [4.78, 5) is 21.8. The second kappa shape index (κ2) is 9.19. The molecular weight excluding hydrogens is 448 g/mol. The largest absolute Gasteiger partial charge is 0.356 e. The Morgan fingerprint density at radius 1 is 1.00 bits per heavy atom. The maximum absolute atomic E-state index is 12.6. The van der Waals surface area contributed by atoms with Gasteiger partial charge in [-0.2, -0.15) is 0 Å². The summed E-state index contributed by atoms with van der Waals surface area (Å²) in [5.41, 5.74) is 5.63. The van der Waals surface area contributed by atoms with Crippen LogP contribution in [0.1, 0.15) is 42.2 Å². The molecule has 0 saturated carbocycles. The lowest BCUT2D eigenvalue weighted by Crippen LogP contribution is -2.25. The maximum Gasteiger partial charge on any atom is 0.222 e. The van der Waals surface area contributed by atoms with Crippen LogP contribution in [0.4, 0.5) is 0 Å². The van der Waals surface area contributed by atoms with Crippen LogP contribution in [0.5, 0.6) is 0 Å². The van der Waals surface area contributed by atoms with Crippen LogP contribution in [0.2, 0.25) is 5.02 Å². The quantitative estimate of drug-likeness (QED) is 0.457. The number of rotatable bonds is 5. The van der Waals surface area contributed by atoms with E-state index in [1.807, 2.05) is 54.8 Å². The van der Waals surface area contributed by atoms with Crippen molar-refractivity contribution in [2.75, 3.05) is 6.54 Å². The van der Waals surface area contributed by atoms with E-state index in [9.17, 15) is 4.79 Å². The first kappa shape index (κ1) is 22.0. The van der Waals surface area contributed by atoms with E-state index in [1.165, 1.54) is 0 Å². The van der Waals surface area contributed by atoms with Crippen LogP contribution in [-0.4, -0.2) is 37.9 Å². The predicted octanol–water partition coefficient (Wildman–Crippen LogP) is 4.71. The molecule has 1 N–H and O–H groups in total. The molecule has 0 saturated heterocycles. The standard InChI is InChI=1S/C26H23ClN6O/c1-3-29-24(34)15-22-26-32-31-16(2)33(26)23-9-6-19(17-10-12-28-13-11-17)14-21(23)25(30-22)18-4-7-20(27)8-5-18/h4-14,22H,3,15H2,1-2H3,(H,29,34)/t22-/m0/s1. The number of fused-ring (bicyclic) bond motifs is 3. The van der Waals surface area contributed by atoms with Crippen LogP contribution >= 0.6 is 11.6 Å². The van der Waals surface area contributed by atoms with Crippen LogP contribution in [0.15, 0.2) is 72.0 Å². The SMILES string of the molecule is CCNC(=O)C[C@@H]1N=C(c2ccc(Cl)cc2)c2cc(-c3ccncc3)ccc2-n2c(C)nnc21. The van der Waals surface area contributed by atoms with Gasteiger partial charge in [0, 0.05) is 35.1 Å². The minimum absolute atomic E-state index is 0.0812. The number of carbonyl (C=O) groups is 1. The normalized spacial score (nSPS) is 14.6. The summed E-state index contributed by atoms with van der Waals surface area (Å²) >= 11 is 6.18. The van der Waals surface area contributed by atoms with Crippen molar-refractivity contribution in [1.82, 2.24) is 25.1 Å². The predicted molar refractivity (Wildman–Crippen MR) is 132 cm³/mol. The molecule has 2 aromatic carbocycles. The lowest BCUT2D eigenvalue weighted by molar-refractivity contribution is -0.121. The number of carbonyl (C=O) groups excluding carboxylic acids is 1. The Morgan fingerprint density at radius 3 is 2.47 bits per heavy atom. The Hall–Kier alpha value is -3.84. The van der Waals surface area contributed by atoms with Crippen LogP contribution in [0.25, 0.3) is 16.8 Å². The topological polar surface area (TPSA) is 85.1 Å². The number of aliphatic imine (C=N–C) groups is 1. The number of hydrogen-bond donors (Lipinski definition) is 1. The Bertz CT molecular complexity index is 1380. The van der Waals surface area contributed by atoms with Gasteiger partial charge in [0.2, 0.25) is 5.91 Å². The number of pyridine rings is 1. The van der Waals surface area contributed by atoms with Gasteiger partial charge in [-0.15, -0.1) is 10.2 Å². The molecule has 170 valence electrons. The van der Waals surface area contributed by atoms with Crippen LogP contribution in [0.3, 0.4) is 0 Å². The molecule has 34 heavy (non-hydrogen) atoms. The molecule has 1 atom stereocenters. The van der Waals surface area contributed by atoms with Crippen LogP contribution < -0.4 is 5.32 Å². The molecule has 3 heterocycles. The lowest BCUT2D eigenvalue weighted by atomic mass is 9.96. The molecule has 0 spiro atoms.